The molecule has 1 amide bonds. The molecule has 7 nitrogen and oxygen atoms in total. The molecular weight excluding hydrogens is 378 g/mol. The van der Waals surface area contributed by atoms with Gasteiger partial charge in [0.25, 0.3) is 0 Å². The molecule has 140 valence electrons. The number of amides is 1. The third-order valence-electron chi connectivity index (χ3n) is 4.47. The number of carbonyl (C=O) groups excluding carboxylic acids is 3. The SMILES string of the molecule is CN1C(=O)Cc2cc(C(=O)COC(=O)CS[C@H]3CCS(=O)(=O)C3)ccc21. The zero-order valence-electron chi connectivity index (χ0n) is 14.3. The summed E-state index contributed by atoms with van der Waals surface area (Å²) < 4.78 is 27.8. The molecule has 9 heteroatoms. The van der Waals surface area contributed by atoms with Gasteiger partial charge in [0.05, 0.1) is 23.7 Å². The van der Waals surface area contributed by atoms with Crippen LogP contribution in [-0.2, 0) is 30.6 Å². The third kappa shape index (κ3) is 4.27. The van der Waals surface area contributed by atoms with E-state index in [1.165, 1.54) is 11.8 Å². The number of ether oxygens (including phenoxy) is 1. The maximum atomic E-state index is 12.2. The smallest absolute Gasteiger partial charge is 0.316 e. The molecule has 2 heterocycles. The van der Waals surface area contributed by atoms with Gasteiger partial charge in [-0.2, -0.15) is 0 Å². The van der Waals surface area contributed by atoms with Gasteiger partial charge < -0.3 is 9.64 Å². The first-order valence-corrected chi connectivity index (χ1v) is 11.0. The maximum absolute atomic E-state index is 12.2. The number of fused-ring (bicyclic) bond motifs is 1. The first-order chi connectivity index (χ1) is 12.2. The van der Waals surface area contributed by atoms with Gasteiger partial charge in [-0.25, -0.2) is 8.42 Å². The summed E-state index contributed by atoms with van der Waals surface area (Å²) in [5, 5.41) is -0.0884. The van der Waals surface area contributed by atoms with Crippen molar-refractivity contribution < 1.29 is 27.5 Å². The van der Waals surface area contributed by atoms with E-state index in [0.29, 0.717) is 12.0 Å². The zero-order chi connectivity index (χ0) is 18.9. The van der Waals surface area contributed by atoms with Crippen molar-refractivity contribution in [3.63, 3.8) is 0 Å². The fourth-order valence-corrected chi connectivity index (χ4v) is 6.43. The second-order valence-corrected chi connectivity index (χ2v) is 9.91. The number of Topliss-reactive ketones (excluding diaryl/α,β-unsaturated/α-hetero) is 1. The second kappa shape index (κ2) is 7.40. The van der Waals surface area contributed by atoms with E-state index in [-0.39, 0.29) is 47.2 Å². The van der Waals surface area contributed by atoms with E-state index in [9.17, 15) is 22.8 Å². The largest absolute Gasteiger partial charge is 0.457 e. The topological polar surface area (TPSA) is 97.8 Å². The van der Waals surface area contributed by atoms with Gasteiger partial charge in [-0.1, -0.05) is 0 Å². The van der Waals surface area contributed by atoms with Crippen molar-refractivity contribution in [2.24, 2.45) is 0 Å². The van der Waals surface area contributed by atoms with Gasteiger partial charge in [-0.05, 0) is 30.2 Å². The number of esters is 1. The fourth-order valence-electron chi connectivity index (χ4n) is 2.99. The number of likely N-dealkylation sites (N-methyl/N-ethyl adjacent to an activating group) is 1. The summed E-state index contributed by atoms with van der Waals surface area (Å²) >= 11 is 1.25. The number of ketones is 1. The molecule has 2 aliphatic rings. The summed E-state index contributed by atoms with van der Waals surface area (Å²) in [5.74, 6) is -0.626. The number of hydrogen-bond donors (Lipinski definition) is 0. The number of anilines is 1. The van der Waals surface area contributed by atoms with Crippen LogP contribution in [0.2, 0.25) is 0 Å². The number of benzene rings is 1. The summed E-state index contributed by atoms with van der Waals surface area (Å²) in [7, 11) is -1.29. The summed E-state index contributed by atoms with van der Waals surface area (Å²) in [6.45, 7) is -0.370. The zero-order valence-corrected chi connectivity index (χ0v) is 15.9. The molecule has 1 atom stereocenters. The number of hydrogen-bond acceptors (Lipinski definition) is 7. The molecule has 0 bridgehead atoms. The van der Waals surface area contributed by atoms with Gasteiger partial charge in [0.2, 0.25) is 5.91 Å². The highest BCUT2D eigenvalue weighted by atomic mass is 32.2. The van der Waals surface area contributed by atoms with Crippen molar-refractivity contribution in [3.05, 3.63) is 29.3 Å². The number of carbonyl (C=O) groups is 3. The lowest BCUT2D eigenvalue weighted by Gasteiger charge is -2.10. The quantitative estimate of drug-likeness (QED) is 0.518. The average Bonchev–Trinajstić information content (AvgIpc) is 3.09. The monoisotopic (exact) mass is 397 g/mol. The van der Waals surface area contributed by atoms with Gasteiger partial charge in [0.15, 0.2) is 22.2 Å². The molecule has 1 aromatic rings. The Morgan fingerprint density at radius 1 is 1.35 bits per heavy atom. The molecule has 0 aromatic heterocycles. The van der Waals surface area contributed by atoms with E-state index in [0.717, 1.165) is 11.3 Å². The Kier molecular flexibility index (Phi) is 5.38. The van der Waals surface area contributed by atoms with Crippen LogP contribution < -0.4 is 4.90 Å². The normalized spacial score (nSPS) is 20.9. The van der Waals surface area contributed by atoms with E-state index in [2.05, 4.69) is 0 Å². The van der Waals surface area contributed by atoms with E-state index < -0.39 is 15.8 Å². The highest BCUT2D eigenvalue weighted by Gasteiger charge is 2.29. The molecule has 0 saturated carbocycles. The second-order valence-electron chi connectivity index (χ2n) is 6.39. The molecular formula is C17H19NO6S2. The minimum absolute atomic E-state index is 0.0248. The molecule has 0 aliphatic carbocycles. The van der Waals surface area contributed by atoms with Gasteiger partial charge in [0.1, 0.15) is 0 Å². The molecule has 0 unspecified atom stereocenters. The summed E-state index contributed by atoms with van der Waals surface area (Å²) in [6, 6.07) is 4.99. The van der Waals surface area contributed by atoms with Crippen LogP contribution in [0.15, 0.2) is 18.2 Å². The van der Waals surface area contributed by atoms with Crippen LogP contribution in [0.1, 0.15) is 22.3 Å². The lowest BCUT2D eigenvalue weighted by Crippen LogP contribution is -2.20. The van der Waals surface area contributed by atoms with E-state index in [4.69, 9.17) is 4.74 Å². The van der Waals surface area contributed by atoms with Crippen LogP contribution in [0.25, 0.3) is 0 Å². The van der Waals surface area contributed by atoms with Crippen molar-refractivity contribution in [1.82, 2.24) is 0 Å². The summed E-state index contributed by atoms with van der Waals surface area (Å²) in [4.78, 5) is 37.2. The first kappa shape index (κ1) is 18.9. The van der Waals surface area contributed by atoms with Crippen LogP contribution in [0.4, 0.5) is 5.69 Å². The fraction of sp³-hybridized carbons (Fsp3) is 0.471. The molecule has 0 spiro atoms. The van der Waals surface area contributed by atoms with Crippen molar-refractivity contribution in [1.29, 1.82) is 0 Å². The lowest BCUT2D eigenvalue weighted by atomic mass is 10.1. The van der Waals surface area contributed by atoms with Crippen molar-refractivity contribution >= 4 is 44.9 Å². The lowest BCUT2D eigenvalue weighted by molar-refractivity contribution is -0.139. The van der Waals surface area contributed by atoms with Crippen LogP contribution in [-0.4, -0.2) is 62.2 Å². The van der Waals surface area contributed by atoms with Crippen LogP contribution >= 0.6 is 11.8 Å². The minimum Gasteiger partial charge on any atom is -0.457 e. The Balaban J connectivity index is 1.48. The molecule has 1 fully saturated rings. The minimum atomic E-state index is -2.97. The van der Waals surface area contributed by atoms with Gasteiger partial charge >= 0.3 is 5.97 Å². The van der Waals surface area contributed by atoms with E-state index >= 15 is 0 Å². The Labute approximate surface area is 156 Å². The summed E-state index contributed by atoms with van der Waals surface area (Å²) in [6.07, 6.45) is 0.801. The average molecular weight is 397 g/mol. The Bertz CT molecular complexity index is 864. The van der Waals surface area contributed by atoms with E-state index in [1.54, 1.807) is 30.1 Å². The number of sulfone groups is 1. The van der Waals surface area contributed by atoms with Gasteiger partial charge in [0, 0.05) is 23.5 Å². The molecule has 3 rings (SSSR count). The third-order valence-corrected chi connectivity index (χ3v) is 7.73. The maximum Gasteiger partial charge on any atom is 0.316 e. The highest BCUT2D eigenvalue weighted by molar-refractivity contribution is 8.02. The van der Waals surface area contributed by atoms with Crippen LogP contribution in [0.5, 0.6) is 0 Å². The Hall–Kier alpha value is -1.87. The predicted octanol–water partition coefficient (Wildman–Crippen LogP) is 0.852. The summed E-state index contributed by atoms with van der Waals surface area (Å²) in [5.41, 5.74) is 1.97. The van der Waals surface area contributed by atoms with Crippen molar-refractivity contribution in [2.45, 2.75) is 18.1 Å². The highest BCUT2D eigenvalue weighted by Crippen LogP contribution is 2.28. The molecule has 1 saturated heterocycles. The standard InChI is InChI=1S/C17H19NO6S2/c1-18-14-3-2-11(6-12(14)7-16(18)20)15(19)8-24-17(21)9-25-13-4-5-26(22,23)10-13/h2-3,6,13H,4-5,7-10H2,1H3/t13-/m0/s1. The van der Waals surface area contributed by atoms with Crippen molar-refractivity contribution in [2.75, 3.05) is 35.8 Å². The molecule has 0 radical (unpaired) electrons. The van der Waals surface area contributed by atoms with Crippen molar-refractivity contribution in [3.8, 4) is 0 Å². The molecule has 2 aliphatic heterocycles. The molecule has 26 heavy (non-hydrogen) atoms. The molecule has 0 N–H and O–H groups in total. The molecule has 1 aromatic carbocycles. The number of thioether (sulfide) groups is 1. The Morgan fingerprint density at radius 3 is 2.81 bits per heavy atom. The van der Waals surface area contributed by atoms with Gasteiger partial charge in [-0.15, -0.1) is 11.8 Å². The van der Waals surface area contributed by atoms with Gasteiger partial charge in [-0.3, -0.25) is 14.4 Å². The van der Waals surface area contributed by atoms with Crippen LogP contribution in [0.3, 0.4) is 0 Å². The first-order valence-electron chi connectivity index (χ1n) is 8.15. The Morgan fingerprint density at radius 2 is 2.12 bits per heavy atom. The number of rotatable bonds is 6. The van der Waals surface area contributed by atoms with Crippen LogP contribution in [0, 0.1) is 0 Å². The number of nitrogens with zero attached hydrogens (tertiary/aromatic N) is 1. The van der Waals surface area contributed by atoms with E-state index in [1.807, 2.05) is 0 Å². The predicted molar refractivity (Wildman–Crippen MR) is 98.4 cm³/mol.